The quantitative estimate of drug-likeness (QED) is 0.613. The van der Waals surface area contributed by atoms with Crippen molar-refractivity contribution in [3.05, 3.63) is 47.2 Å². The van der Waals surface area contributed by atoms with Crippen molar-refractivity contribution in [2.45, 2.75) is 44.2 Å². The van der Waals surface area contributed by atoms with E-state index in [-0.39, 0.29) is 17.4 Å². The largest absolute Gasteiger partial charge is 0.370 e. The minimum Gasteiger partial charge on any atom is -0.370 e. The number of likely N-dealkylation sites (tertiary alicyclic amines) is 1. The molecule has 3 aromatic rings. The van der Waals surface area contributed by atoms with Gasteiger partial charge in [-0.25, -0.2) is 9.67 Å². The van der Waals surface area contributed by atoms with Crippen LogP contribution in [0.3, 0.4) is 0 Å². The average Bonchev–Trinajstić information content (AvgIpc) is 3.47. The van der Waals surface area contributed by atoms with Gasteiger partial charge in [-0.3, -0.25) is 14.8 Å². The topological polar surface area (TPSA) is 86.0 Å². The van der Waals surface area contributed by atoms with Gasteiger partial charge in [0, 0.05) is 43.2 Å². The molecule has 6 heterocycles. The van der Waals surface area contributed by atoms with Crippen molar-refractivity contribution in [1.82, 2.24) is 29.6 Å². The molecule has 8 nitrogen and oxygen atoms in total. The van der Waals surface area contributed by atoms with Crippen LogP contribution in [0.1, 0.15) is 35.5 Å². The first-order valence-corrected chi connectivity index (χ1v) is 11.7. The summed E-state index contributed by atoms with van der Waals surface area (Å²) >= 11 is 1.80. The highest BCUT2D eigenvalue weighted by atomic mass is 32.1. The molecule has 3 aliphatic heterocycles. The number of aryl methyl sites for hydroxylation is 1. The van der Waals surface area contributed by atoms with Crippen molar-refractivity contribution in [2.75, 3.05) is 19.7 Å². The van der Waals surface area contributed by atoms with E-state index >= 15 is 0 Å². The van der Waals surface area contributed by atoms with Crippen LogP contribution in [0.4, 0.5) is 0 Å². The van der Waals surface area contributed by atoms with Crippen molar-refractivity contribution >= 4 is 17.2 Å². The van der Waals surface area contributed by atoms with E-state index in [9.17, 15) is 4.79 Å². The Hall–Kier alpha value is -2.65. The number of ether oxygens (including phenoxy) is 1. The SMILES string of the molecule is O=C(C1CCc2ncnn2C1)N1CCC2(CC1)OCCc1sc(-c3cnccn3)cc12. The average molecular weight is 437 g/mol. The lowest BCUT2D eigenvalue weighted by Crippen LogP contribution is -2.50. The number of amides is 1. The van der Waals surface area contributed by atoms with Gasteiger partial charge in [0.2, 0.25) is 5.91 Å². The first-order valence-electron chi connectivity index (χ1n) is 10.9. The van der Waals surface area contributed by atoms with Crippen molar-refractivity contribution in [3.8, 4) is 10.6 Å². The van der Waals surface area contributed by atoms with Crippen LogP contribution in [0.2, 0.25) is 0 Å². The van der Waals surface area contributed by atoms with Gasteiger partial charge in [0.25, 0.3) is 0 Å². The number of aromatic nitrogens is 5. The summed E-state index contributed by atoms with van der Waals surface area (Å²) in [5, 5.41) is 4.26. The highest BCUT2D eigenvalue weighted by molar-refractivity contribution is 7.15. The molecule has 3 aromatic heterocycles. The summed E-state index contributed by atoms with van der Waals surface area (Å²) in [5.41, 5.74) is 1.92. The third-order valence-electron chi connectivity index (χ3n) is 6.86. The summed E-state index contributed by atoms with van der Waals surface area (Å²) in [5.74, 6) is 1.23. The van der Waals surface area contributed by atoms with Gasteiger partial charge in [0.1, 0.15) is 12.2 Å². The maximum Gasteiger partial charge on any atom is 0.227 e. The molecule has 0 aliphatic carbocycles. The van der Waals surface area contributed by atoms with Crippen molar-refractivity contribution in [1.29, 1.82) is 0 Å². The number of fused-ring (bicyclic) bond motifs is 3. The lowest BCUT2D eigenvalue weighted by molar-refractivity contribution is -0.145. The summed E-state index contributed by atoms with van der Waals surface area (Å²) < 4.78 is 8.28. The molecule has 160 valence electrons. The number of carbonyl (C=O) groups is 1. The third-order valence-corrected chi connectivity index (χ3v) is 8.08. The third kappa shape index (κ3) is 3.27. The second-order valence-electron chi connectivity index (χ2n) is 8.55. The molecule has 0 N–H and O–H groups in total. The molecule has 1 amide bonds. The van der Waals surface area contributed by atoms with E-state index in [2.05, 4.69) is 26.1 Å². The maximum atomic E-state index is 13.2. The Kier molecular flexibility index (Phi) is 4.61. The van der Waals surface area contributed by atoms with E-state index in [0.717, 1.165) is 68.2 Å². The summed E-state index contributed by atoms with van der Waals surface area (Å²) in [6.45, 7) is 2.84. The molecule has 31 heavy (non-hydrogen) atoms. The van der Waals surface area contributed by atoms with E-state index in [1.165, 1.54) is 10.4 Å². The van der Waals surface area contributed by atoms with Crippen LogP contribution < -0.4 is 0 Å². The Balaban J connectivity index is 1.19. The van der Waals surface area contributed by atoms with Crippen molar-refractivity contribution < 1.29 is 9.53 Å². The standard InChI is InChI=1S/C22H24N6O2S/c29-21(15-1-2-20-25-14-26-28(20)13-15)27-8-4-22(5-9-27)16-11-19(17-12-23-6-7-24-17)31-18(16)3-10-30-22/h6-7,11-12,14-15H,1-5,8-10,13H2. The number of nitrogens with zero attached hydrogens (tertiary/aromatic N) is 6. The van der Waals surface area contributed by atoms with Gasteiger partial charge in [-0.15, -0.1) is 11.3 Å². The highest BCUT2D eigenvalue weighted by Crippen LogP contribution is 2.46. The zero-order valence-corrected chi connectivity index (χ0v) is 18.1. The number of hydrogen-bond acceptors (Lipinski definition) is 7. The molecule has 3 aliphatic rings. The molecule has 1 atom stereocenters. The second-order valence-corrected chi connectivity index (χ2v) is 9.69. The fourth-order valence-electron chi connectivity index (χ4n) is 5.17. The van der Waals surface area contributed by atoms with Gasteiger partial charge in [-0.05, 0) is 30.9 Å². The van der Waals surface area contributed by atoms with Crippen LogP contribution in [0, 0.1) is 5.92 Å². The van der Waals surface area contributed by atoms with Crippen molar-refractivity contribution in [2.24, 2.45) is 5.92 Å². The van der Waals surface area contributed by atoms with E-state index in [1.54, 1.807) is 30.1 Å². The highest BCUT2D eigenvalue weighted by Gasteiger charge is 2.43. The predicted molar refractivity (Wildman–Crippen MR) is 114 cm³/mol. The molecule has 0 radical (unpaired) electrons. The molecule has 1 unspecified atom stereocenters. The molecule has 0 aromatic carbocycles. The monoisotopic (exact) mass is 436 g/mol. The lowest BCUT2D eigenvalue weighted by atomic mass is 9.81. The summed E-state index contributed by atoms with van der Waals surface area (Å²) in [7, 11) is 0. The Labute approximate surface area is 184 Å². The lowest BCUT2D eigenvalue weighted by Gasteiger charge is -2.44. The van der Waals surface area contributed by atoms with Crippen LogP contribution in [-0.2, 0) is 34.5 Å². The Morgan fingerprint density at radius 3 is 2.94 bits per heavy atom. The zero-order chi connectivity index (χ0) is 20.8. The summed E-state index contributed by atoms with van der Waals surface area (Å²) in [6, 6.07) is 2.24. The van der Waals surface area contributed by atoms with Crippen LogP contribution in [-0.4, -0.2) is 55.2 Å². The van der Waals surface area contributed by atoms with Gasteiger partial charge in [-0.1, -0.05) is 0 Å². The first kappa shape index (κ1) is 19.1. The Bertz CT molecular complexity index is 1100. The molecule has 9 heteroatoms. The van der Waals surface area contributed by atoms with Gasteiger partial charge in [-0.2, -0.15) is 5.10 Å². The zero-order valence-electron chi connectivity index (χ0n) is 17.2. The number of thiophene rings is 1. The normalized spacial score (nSPS) is 22.2. The number of piperidine rings is 1. The molecule has 0 bridgehead atoms. The molecule has 0 saturated carbocycles. The minimum atomic E-state index is -0.285. The Morgan fingerprint density at radius 2 is 2.10 bits per heavy atom. The Morgan fingerprint density at radius 1 is 1.19 bits per heavy atom. The fraction of sp³-hybridized carbons (Fsp3) is 0.500. The van der Waals surface area contributed by atoms with Crippen LogP contribution >= 0.6 is 11.3 Å². The predicted octanol–water partition coefficient (Wildman–Crippen LogP) is 2.45. The fourth-order valence-corrected chi connectivity index (χ4v) is 6.36. The molecule has 1 fully saturated rings. The van der Waals surface area contributed by atoms with E-state index < -0.39 is 0 Å². The van der Waals surface area contributed by atoms with Crippen LogP contribution in [0.5, 0.6) is 0 Å². The van der Waals surface area contributed by atoms with Gasteiger partial charge >= 0.3 is 0 Å². The van der Waals surface area contributed by atoms with Crippen LogP contribution in [0.15, 0.2) is 31.0 Å². The minimum absolute atomic E-state index is 0.00418. The summed E-state index contributed by atoms with van der Waals surface area (Å²) in [4.78, 5) is 30.7. The molecular weight excluding hydrogens is 412 g/mol. The summed E-state index contributed by atoms with van der Waals surface area (Å²) in [6.07, 6.45) is 11.1. The van der Waals surface area contributed by atoms with E-state index in [0.29, 0.717) is 6.54 Å². The molecule has 1 spiro atoms. The molecular formula is C22H24N6O2S. The van der Waals surface area contributed by atoms with E-state index in [1.807, 2.05) is 15.8 Å². The maximum absolute atomic E-state index is 13.2. The van der Waals surface area contributed by atoms with Gasteiger partial charge in [0.15, 0.2) is 0 Å². The van der Waals surface area contributed by atoms with Gasteiger partial charge < -0.3 is 9.64 Å². The van der Waals surface area contributed by atoms with Gasteiger partial charge in [0.05, 0.1) is 41.4 Å². The molecule has 1 saturated heterocycles. The number of rotatable bonds is 2. The first-order chi connectivity index (χ1) is 15.2. The number of carbonyl (C=O) groups excluding carboxylic acids is 1. The van der Waals surface area contributed by atoms with Crippen molar-refractivity contribution in [3.63, 3.8) is 0 Å². The smallest absolute Gasteiger partial charge is 0.227 e. The van der Waals surface area contributed by atoms with E-state index in [4.69, 9.17) is 4.74 Å². The van der Waals surface area contributed by atoms with Crippen LogP contribution in [0.25, 0.3) is 10.6 Å². The number of hydrogen-bond donors (Lipinski definition) is 0. The molecule has 6 rings (SSSR count). The second kappa shape index (κ2) is 7.49.